The Morgan fingerprint density at radius 1 is 1.26 bits per heavy atom. The molecule has 3 aliphatic heterocycles. The molecular weight excluding hydrogens is 738 g/mol. The Morgan fingerprint density at radius 2 is 1.94 bits per heavy atom. The molecule has 3 heterocycles. The van der Waals surface area contributed by atoms with Crippen LogP contribution in [0.4, 0.5) is 17.6 Å². The lowest BCUT2D eigenvalue weighted by Crippen LogP contribution is -2.53. The van der Waals surface area contributed by atoms with Crippen molar-refractivity contribution >= 4 is 79.0 Å². The fourth-order valence-electron chi connectivity index (χ4n) is 4.03. The number of fused-ring (bicyclic) bond motifs is 4. The van der Waals surface area contributed by atoms with Crippen LogP contribution in [0.1, 0.15) is 29.6 Å². The number of benzene rings is 1. The summed E-state index contributed by atoms with van der Waals surface area (Å²) >= 11 is 5.42. The molecule has 188 valence electrons. The zero-order valence-corrected chi connectivity index (χ0v) is 22.6. The molecule has 0 saturated carbocycles. The Morgan fingerprint density at radius 3 is 2.53 bits per heavy atom. The zero-order chi connectivity index (χ0) is 25.3. The fourth-order valence-corrected chi connectivity index (χ4v) is 8.35. The first-order valence-corrected chi connectivity index (χ1v) is 14.1. The van der Waals surface area contributed by atoms with E-state index in [1.807, 2.05) is 28.7 Å². The Hall–Kier alpha value is -0.600. The first-order valence-electron chi connectivity index (χ1n) is 9.54. The van der Waals surface area contributed by atoms with Crippen LogP contribution in [0.3, 0.4) is 0 Å². The van der Waals surface area contributed by atoms with Gasteiger partial charge in [-0.1, -0.05) is 0 Å². The van der Waals surface area contributed by atoms with Gasteiger partial charge in [0.15, 0.2) is 5.75 Å². The van der Waals surface area contributed by atoms with E-state index in [2.05, 4.69) is 22.6 Å². The molecule has 4 rings (SSSR count). The van der Waals surface area contributed by atoms with Crippen molar-refractivity contribution in [3.8, 4) is 5.75 Å². The molecule has 34 heavy (non-hydrogen) atoms. The Labute approximate surface area is 221 Å². The molecule has 4 unspecified atom stereocenters. The molecule has 16 heteroatoms. The fraction of sp³-hybridized carbons (Fsp3) is 0.556. The van der Waals surface area contributed by atoms with Gasteiger partial charge in [-0.25, -0.2) is 4.79 Å². The summed E-state index contributed by atoms with van der Waals surface area (Å²) in [6.45, 7) is -1.18. The summed E-state index contributed by atoms with van der Waals surface area (Å²) in [5.41, 5.74) is 0.285. The number of carbonyl (C=O) groups excluding carboxylic acids is 2. The van der Waals surface area contributed by atoms with Crippen LogP contribution < -0.4 is 4.74 Å². The first kappa shape index (κ1) is 26.5. The summed E-state index contributed by atoms with van der Waals surface area (Å²) in [4.78, 5) is 25.0. The Kier molecular flexibility index (Phi) is 6.82. The van der Waals surface area contributed by atoms with E-state index in [0.29, 0.717) is 9.32 Å². The van der Waals surface area contributed by atoms with Gasteiger partial charge in [-0.15, -0.1) is 11.8 Å². The quantitative estimate of drug-likeness (QED) is 0.199. The molecule has 2 bridgehead atoms. The van der Waals surface area contributed by atoms with Crippen molar-refractivity contribution in [2.45, 2.75) is 46.7 Å². The third-order valence-electron chi connectivity index (χ3n) is 5.71. The van der Waals surface area contributed by atoms with Gasteiger partial charge in [-0.05, 0) is 63.7 Å². The van der Waals surface area contributed by atoms with Gasteiger partial charge in [0.25, 0.3) is 5.79 Å². The molecule has 3 aliphatic rings. The number of rotatable bonds is 6. The summed E-state index contributed by atoms with van der Waals surface area (Å²) in [7, 11) is -6.36. The second kappa shape index (κ2) is 8.76. The van der Waals surface area contributed by atoms with Crippen molar-refractivity contribution in [2.75, 3.05) is 6.61 Å². The average molecular weight is 752 g/mol. The van der Waals surface area contributed by atoms with Crippen LogP contribution in [-0.2, 0) is 24.4 Å². The van der Waals surface area contributed by atoms with Crippen molar-refractivity contribution in [3.05, 3.63) is 24.8 Å². The molecule has 0 aromatic heterocycles. The van der Waals surface area contributed by atoms with Gasteiger partial charge < -0.3 is 14.2 Å². The van der Waals surface area contributed by atoms with Gasteiger partial charge in [-0.2, -0.15) is 26.0 Å². The molecule has 0 amide bonds. The molecule has 1 aromatic rings. The van der Waals surface area contributed by atoms with Crippen LogP contribution >= 0.6 is 56.9 Å². The van der Waals surface area contributed by atoms with E-state index in [1.165, 1.54) is 11.8 Å². The van der Waals surface area contributed by atoms with Crippen LogP contribution in [0.2, 0.25) is 0 Å². The van der Waals surface area contributed by atoms with Gasteiger partial charge in [0.05, 0.1) is 27.8 Å². The highest BCUT2D eigenvalue weighted by Crippen LogP contribution is 2.58. The number of thioether (sulfide) groups is 1. The van der Waals surface area contributed by atoms with Crippen LogP contribution in [-0.4, -0.2) is 59.0 Å². The topological polar surface area (TPSA) is 116 Å². The van der Waals surface area contributed by atoms with Crippen LogP contribution in [0, 0.1) is 13.1 Å². The molecule has 0 radical (unpaired) electrons. The number of carbonyl (C=O) groups is 2. The van der Waals surface area contributed by atoms with Gasteiger partial charge in [0.2, 0.25) is 0 Å². The van der Waals surface area contributed by atoms with Crippen molar-refractivity contribution in [1.29, 1.82) is 0 Å². The Bertz CT molecular complexity index is 1160. The van der Waals surface area contributed by atoms with E-state index in [9.17, 15) is 35.6 Å². The maximum absolute atomic E-state index is 13.6. The highest BCUT2D eigenvalue weighted by molar-refractivity contribution is 14.1. The minimum absolute atomic E-state index is 0.131. The second-order valence-electron chi connectivity index (χ2n) is 7.89. The molecule has 4 atom stereocenters. The van der Waals surface area contributed by atoms with Crippen molar-refractivity contribution in [2.24, 2.45) is 5.92 Å². The smallest absolute Gasteiger partial charge is 0.431 e. The van der Waals surface area contributed by atoms with Crippen molar-refractivity contribution < 1.29 is 54.3 Å². The predicted octanol–water partition coefficient (Wildman–Crippen LogP) is 4.08. The number of hydrogen-bond donors (Lipinski definition) is 1. The van der Waals surface area contributed by atoms with Crippen LogP contribution in [0.15, 0.2) is 12.1 Å². The van der Waals surface area contributed by atoms with Gasteiger partial charge >= 0.3 is 33.2 Å². The molecule has 1 N–H and O–H groups in total. The molecule has 0 aliphatic carbocycles. The predicted molar refractivity (Wildman–Crippen MR) is 126 cm³/mol. The van der Waals surface area contributed by atoms with E-state index in [-0.39, 0.29) is 18.4 Å². The monoisotopic (exact) mass is 752 g/mol. The SMILES string of the molecule is O=C1OC2(CC3SC2CC3C(=O)OCCC(F)(F)C(F)(F)S(=O)(=O)O)Oc2c(I)cc(I)cc21. The van der Waals surface area contributed by atoms with E-state index < -0.39 is 68.5 Å². The number of alkyl halides is 4. The highest BCUT2D eigenvalue weighted by Gasteiger charge is 2.66. The summed E-state index contributed by atoms with van der Waals surface area (Å²) in [5, 5.41) is -6.62. The van der Waals surface area contributed by atoms with E-state index in [1.54, 1.807) is 6.07 Å². The lowest BCUT2D eigenvalue weighted by molar-refractivity contribution is -0.180. The van der Waals surface area contributed by atoms with Gasteiger partial charge in [0.1, 0.15) is 5.56 Å². The van der Waals surface area contributed by atoms with Crippen LogP contribution in [0.5, 0.6) is 5.75 Å². The first-order chi connectivity index (χ1) is 15.6. The normalized spacial score (nSPS) is 28.4. The summed E-state index contributed by atoms with van der Waals surface area (Å²) in [5.74, 6) is -8.34. The minimum Gasteiger partial charge on any atom is -0.465 e. The van der Waals surface area contributed by atoms with Crippen LogP contribution in [0.25, 0.3) is 0 Å². The second-order valence-corrected chi connectivity index (χ2v) is 13.2. The van der Waals surface area contributed by atoms with Crippen molar-refractivity contribution in [3.63, 3.8) is 0 Å². The third kappa shape index (κ3) is 4.38. The molecule has 1 aromatic carbocycles. The largest absolute Gasteiger partial charge is 0.465 e. The zero-order valence-electron chi connectivity index (χ0n) is 16.6. The standard InChI is InChI=1S/C18H14F4I2O8S2/c19-17(20,18(21,22)34(27,28)29)1-2-30-14(25)8-5-12-16(6-11(8)33-12)31-13-9(15(26)32-16)3-7(23)4-10(13)24/h3-4,8,11-12H,1-2,5-6H2,(H,27,28,29). The third-order valence-corrected chi connectivity index (χ3v) is 9.81. The van der Waals surface area contributed by atoms with Crippen molar-refractivity contribution in [1.82, 2.24) is 0 Å². The number of halogens is 6. The lowest BCUT2D eigenvalue weighted by Gasteiger charge is -2.41. The molecule has 1 spiro atoms. The number of hydrogen-bond acceptors (Lipinski definition) is 8. The minimum atomic E-state index is -6.36. The maximum Gasteiger partial charge on any atom is 0.431 e. The summed E-state index contributed by atoms with van der Waals surface area (Å²) < 4.78 is 101. The molecule has 2 fully saturated rings. The molecule has 8 nitrogen and oxygen atoms in total. The van der Waals surface area contributed by atoms with Gasteiger partial charge in [-0.3, -0.25) is 9.35 Å². The molecular formula is C18H14F4I2O8S2. The number of ether oxygens (including phenoxy) is 3. The van der Waals surface area contributed by atoms with Gasteiger partial charge in [0, 0.05) is 15.2 Å². The lowest BCUT2D eigenvalue weighted by atomic mass is 9.84. The maximum atomic E-state index is 13.6. The Balaban J connectivity index is 1.39. The van der Waals surface area contributed by atoms with E-state index >= 15 is 0 Å². The number of esters is 2. The van der Waals surface area contributed by atoms with E-state index in [4.69, 9.17) is 18.8 Å². The summed E-state index contributed by atoms with van der Waals surface area (Å²) in [6, 6.07) is 3.46. The summed E-state index contributed by atoms with van der Waals surface area (Å²) in [6.07, 6.45) is -1.54. The van der Waals surface area contributed by atoms with E-state index in [0.717, 1.165) is 3.57 Å². The molecule has 2 saturated heterocycles. The average Bonchev–Trinajstić information content (AvgIpc) is 3.26. The highest BCUT2D eigenvalue weighted by atomic mass is 127.